The highest BCUT2D eigenvalue weighted by Gasteiger charge is 2.63. The summed E-state index contributed by atoms with van der Waals surface area (Å²) in [6.07, 6.45) is 1.39. The van der Waals surface area contributed by atoms with Crippen LogP contribution in [0.5, 0.6) is 5.75 Å². The van der Waals surface area contributed by atoms with Crippen LogP contribution >= 0.6 is 0 Å². The molecule has 5 rings (SSSR count). The van der Waals surface area contributed by atoms with E-state index in [1.807, 2.05) is 6.92 Å². The SMILES string of the molecule is COC(=O)C1(C(=O)OC)CCN(S(=O)(=O)c2ccc(C)cc2)N2C(c3ccc(OC)cc3)=Cc3cc(F)ccc3C21. The lowest BCUT2D eigenvalue weighted by Crippen LogP contribution is -2.63. The van der Waals surface area contributed by atoms with Crippen molar-refractivity contribution in [3.05, 3.63) is 94.8 Å². The number of ether oxygens (including phenoxy) is 3. The molecule has 0 aromatic heterocycles. The third-order valence-corrected chi connectivity index (χ3v) is 9.39. The van der Waals surface area contributed by atoms with E-state index in [0.717, 1.165) is 24.2 Å². The maximum absolute atomic E-state index is 14.6. The molecule has 3 aromatic rings. The molecule has 1 saturated heterocycles. The number of sulfonamides is 1. The van der Waals surface area contributed by atoms with Gasteiger partial charge in [-0.25, -0.2) is 12.8 Å². The number of methoxy groups -OCH3 is 3. The molecule has 9 nitrogen and oxygen atoms in total. The lowest BCUT2D eigenvalue weighted by Gasteiger charge is -2.54. The van der Waals surface area contributed by atoms with Crippen molar-refractivity contribution in [1.29, 1.82) is 0 Å². The third-order valence-electron chi connectivity index (χ3n) is 7.61. The molecule has 11 heteroatoms. The molecule has 1 atom stereocenters. The fraction of sp³-hybridized carbons (Fsp3) is 0.267. The number of nitrogens with zero attached hydrogens (tertiary/aromatic N) is 2. The lowest BCUT2D eigenvalue weighted by molar-refractivity contribution is -0.184. The van der Waals surface area contributed by atoms with E-state index >= 15 is 0 Å². The van der Waals surface area contributed by atoms with Crippen molar-refractivity contribution in [2.75, 3.05) is 27.9 Å². The van der Waals surface area contributed by atoms with E-state index in [1.165, 1.54) is 42.5 Å². The van der Waals surface area contributed by atoms with Crippen molar-refractivity contribution < 1.29 is 36.6 Å². The second kappa shape index (κ2) is 10.6. The molecular weight excluding hydrogens is 551 g/mol. The number of halogens is 1. The Labute approximate surface area is 237 Å². The van der Waals surface area contributed by atoms with Gasteiger partial charge in [0.05, 0.1) is 38.0 Å². The highest BCUT2D eigenvalue weighted by Crippen LogP contribution is 2.55. The van der Waals surface area contributed by atoms with Crippen LogP contribution in [0.3, 0.4) is 0 Å². The zero-order valence-corrected chi connectivity index (χ0v) is 23.8. The van der Waals surface area contributed by atoms with Crippen molar-refractivity contribution in [3.8, 4) is 5.75 Å². The van der Waals surface area contributed by atoms with Crippen LogP contribution in [-0.2, 0) is 29.1 Å². The highest BCUT2D eigenvalue weighted by atomic mass is 32.2. The normalized spacial score (nSPS) is 18.0. The molecule has 2 aliphatic heterocycles. The zero-order valence-electron chi connectivity index (χ0n) is 23.0. The van der Waals surface area contributed by atoms with Gasteiger partial charge in [0.1, 0.15) is 11.6 Å². The zero-order chi connectivity index (χ0) is 29.5. The van der Waals surface area contributed by atoms with Gasteiger partial charge in [-0.05, 0) is 84.6 Å². The number of hydrogen-bond acceptors (Lipinski definition) is 8. The standard InChI is InChI=1S/C30H29FN2O7S/c1-19-5-12-24(13-6-19)41(36,37)32-16-15-30(28(34)39-3,29(35)40-4)27-25-14-9-22(31)17-21(25)18-26(33(27)32)20-7-10-23(38-2)11-8-20/h5-14,17-18,27H,15-16H2,1-4H3. The largest absolute Gasteiger partial charge is 0.497 e. The van der Waals surface area contributed by atoms with E-state index in [2.05, 4.69) is 0 Å². The Kier molecular flexibility index (Phi) is 7.35. The summed E-state index contributed by atoms with van der Waals surface area (Å²) in [5.74, 6) is -1.76. The first kappa shape index (κ1) is 28.3. The third kappa shape index (κ3) is 4.54. The number of benzene rings is 3. The van der Waals surface area contributed by atoms with Crippen LogP contribution in [0.1, 0.15) is 34.7 Å². The smallest absolute Gasteiger partial charge is 0.325 e. The van der Waals surface area contributed by atoms with Crippen molar-refractivity contribution in [3.63, 3.8) is 0 Å². The topological polar surface area (TPSA) is 102 Å². The first-order chi connectivity index (χ1) is 19.6. The van der Waals surface area contributed by atoms with Gasteiger partial charge in [0.2, 0.25) is 0 Å². The maximum Gasteiger partial charge on any atom is 0.325 e. The Morgan fingerprint density at radius 2 is 1.56 bits per heavy atom. The number of hydrazine groups is 1. The molecule has 2 heterocycles. The molecule has 1 fully saturated rings. The minimum atomic E-state index is -4.21. The molecule has 0 spiro atoms. The van der Waals surface area contributed by atoms with Gasteiger partial charge in [-0.2, -0.15) is 0 Å². The summed E-state index contributed by atoms with van der Waals surface area (Å²) in [5, 5.41) is 1.43. The summed E-state index contributed by atoms with van der Waals surface area (Å²) in [4.78, 5) is 27.2. The highest BCUT2D eigenvalue weighted by molar-refractivity contribution is 7.89. The molecule has 214 valence electrons. The van der Waals surface area contributed by atoms with E-state index in [4.69, 9.17) is 14.2 Å². The second-order valence-electron chi connectivity index (χ2n) is 9.85. The summed E-state index contributed by atoms with van der Waals surface area (Å²) >= 11 is 0. The van der Waals surface area contributed by atoms with Gasteiger partial charge >= 0.3 is 11.9 Å². The number of rotatable bonds is 6. The van der Waals surface area contributed by atoms with E-state index in [1.54, 1.807) is 42.5 Å². The van der Waals surface area contributed by atoms with Crippen molar-refractivity contribution in [2.45, 2.75) is 24.3 Å². The van der Waals surface area contributed by atoms with Gasteiger partial charge < -0.3 is 14.2 Å². The van der Waals surface area contributed by atoms with Crippen LogP contribution in [0.15, 0.2) is 71.6 Å². The Morgan fingerprint density at radius 1 is 0.927 bits per heavy atom. The minimum absolute atomic E-state index is 0.0319. The quantitative estimate of drug-likeness (QED) is 0.314. The van der Waals surface area contributed by atoms with Crippen LogP contribution in [0.2, 0.25) is 0 Å². The minimum Gasteiger partial charge on any atom is -0.497 e. The van der Waals surface area contributed by atoms with Gasteiger partial charge in [-0.1, -0.05) is 23.8 Å². The Balaban J connectivity index is 1.83. The molecule has 0 amide bonds. The van der Waals surface area contributed by atoms with Gasteiger partial charge in [-0.15, -0.1) is 4.41 Å². The number of esters is 2. The first-order valence-corrected chi connectivity index (χ1v) is 14.2. The summed E-state index contributed by atoms with van der Waals surface area (Å²) < 4.78 is 59.8. The number of aryl methyl sites for hydroxylation is 1. The Morgan fingerprint density at radius 3 is 2.15 bits per heavy atom. The van der Waals surface area contributed by atoms with E-state index in [0.29, 0.717) is 28.1 Å². The van der Waals surface area contributed by atoms with Crippen LogP contribution < -0.4 is 4.74 Å². The van der Waals surface area contributed by atoms with Gasteiger partial charge in [0, 0.05) is 6.54 Å². The molecule has 0 radical (unpaired) electrons. The molecule has 0 aliphatic carbocycles. The summed E-state index contributed by atoms with van der Waals surface area (Å²) in [5.41, 5.74) is 0.515. The Bertz CT molecular complexity index is 1620. The number of carbonyl (C=O) groups is 2. The van der Waals surface area contributed by atoms with E-state index in [9.17, 15) is 22.4 Å². The van der Waals surface area contributed by atoms with Gasteiger partial charge in [-0.3, -0.25) is 14.6 Å². The summed E-state index contributed by atoms with van der Waals surface area (Å²) in [6, 6.07) is 15.9. The molecule has 2 aliphatic rings. The fourth-order valence-corrected chi connectivity index (χ4v) is 7.03. The van der Waals surface area contributed by atoms with Gasteiger partial charge in [0.25, 0.3) is 10.0 Å². The molecule has 1 unspecified atom stereocenters. The predicted molar refractivity (Wildman–Crippen MR) is 148 cm³/mol. The van der Waals surface area contributed by atoms with Crippen LogP contribution in [-0.4, -0.2) is 57.7 Å². The van der Waals surface area contributed by atoms with Crippen LogP contribution in [0.25, 0.3) is 11.8 Å². The predicted octanol–water partition coefficient (Wildman–Crippen LogP) is 4.34. The summed E-state index contributed by atoms with van der Waals surface area (Å²) in [6.45, 7) is 1.60. The lowest BCUT2D eigenvalue weighted by atomic mass is 9.70. The van der Waals surface area contributed by atoms with E-state index < -0.39 is 39.2 Å². The monoisotopic (exact) mass is 580 g/mol. The second-order valence-corrected chi connectivity index (χ2v) is 11.7. The van der Waals surface area contributed by atoms with Crippen LogP contribution in [0.4, 0.5) is 4.39 Å². The molecule has 0 bridgehead atoms. The molecule has 0 N–H and O–H groups in total. The first-order valence-electron chi connectivity index (χ1n) is 12.8. The van der Waals surface area contributed by atoms with Crippen molar-refractivity contribution in [1.82, 2.24) is 9.42 Å². The van der Waals surface area contributed by atoms with Crippen LogP contribution in [0, 0.1) is 18.2 Å². The van der Waals surface area contributed by atoms with Gasteiger partial charge in [0.15, 0.2) is 5.41 Å². The maximum atomic E-state index is 14.6. The van der Waals surface area contributed by atoms with Crippen molar-refractivity contribution in [2.24, 2.45) is 5.41 Å². The van der Waals surface area contributed by atoms with E-state index in [-0.39, 0.29) is 17.9 Å². The molecule has 3 aromatic carbocycles. The molecule has 0 saturated carbocycles. The number of fused-ring (bicyclic) bond motifs is 3. The molecule has 41 heavy (non-hydrogen) atoms. The number of carbonyl (C=O) groups excluding carboxylic acids is 2. The molecular formula is C30H29FN2O7S. The summed E-state index contributed by atoms with van der Waals surface area (Å²) in [7, 11) is -0.386. The Hall–Kier alpha value is -4.22. The number of hydrogen-bond donors (Lipinski definition) is 0. The average molecular weight is 581 g/mol. The van der Waals surface area contributed by atoms with Crippen molar-refractivity contribution >= 4 is 33.7 Å². The average Bonchev–Trinajstić information content (AvgIpc) is 2.99. The fourth-order valence-electron chi connectivity index (χ4n) is 5.56.